The number of carbonyl (C=O) groups excluding carboxylic acids is 1. The van der Waals surface area contributed by atoms with E-state index in [0.29, 0.717) is 18.4 Å². The minimum absolute atomic E-state index is 0.140. The van der Waals surface area contributed by atoms with E-state index >= 15 is 0 Å². The maximum Gasteiger partial charge on any atom is 0.225 e. The Hall–Kier alpha value is -0.610. The van der Waals surface area contributed by atoms with E-state index in [1.807, 2.05) is 11.8 Å². The largest absolute Gasteiger partial charge is 0.340 e. The number of hydrogen-bond donors (Lipinski definition) is 1. The van der Waals surface area contributed by atoms with Gasteiger partial charge in [0.05, 0.1) is 0 Å². The second-order valence-electron chi connectivity index (χ2n) is 4.99. The average molecular weight is 227 g/mol. The first-order valence-corrected chi connectivity index (χ1v) is 6.27. The molecule has 1 fully saturated rings. The predicted octanol–water partition coefficient (Wildman–Crippen LogP) is 0.381. The van der Waals surface area contributed by atoms with Crippen molar-refractivity contribution >= 4 is 5.91 Å². The summed E-state index contributed by atoms with van der Waals surface area (Å²) in [6.45, 7) is 11.5. The predicted molar refractivity (Wildman–Crippen MR) is 66.1 cm³/mol. The highest BCUT2D eigenvalue weighted by Crippen LogP contribution is 2.14. The number of rotatable bonds is 4. The van der Waals surface area contributed by atoms with Crippen molar-refractivity contribution in [1.29, 1.82) is 0 Å². The summed E-state index contributed by atoms with van der Waals surface area (Å²) < 4.78 is 0. The monoisotopic (exact) mass is 227 g/mol. The van der Waals surface area contributed by atoms with Crippen LogP contribution in [0.3, 0.4) is 0 Å². The van der Waals surface area contributed by atoms with Crippen LogP contribution in [-0.2, 0) is 4.79 Å². The van der Waals surface area contributed by atoms with Gasteiger partial charge < -0.3 is 10.6 Å². The van der Waals surface area contributed by atoms with E-state index in [9.17, 15) is 4.79 Å². The molecule has 16 heavy (non-hydrogen) atoms. The summed E-state index contributed by atoms with van der Waals surface area (Å²) in [4.78, 5) is 16.4. The van der Waals surface area contributed by atoms with Gasteiger partial charge in [0.2, 0.25) is 5.91 Å². The van der Waals surface area contributed by atoms with Gasteiger partial charge in [-0.2, -0.15) is 0 Å². The lowest BCUT2D eigenvalue weighted by Crippen LogP contribution is -2.51. The van der Waals surface area contributed by atoms with Crippen LogP contribution < -0.4 is 5.73 Å². The average Bonchev–Trinajstić information content (AvgIpc) is 2.28. The Morgan fingerprint density at radius 1 is 1.19 bits per heavy atom. The lowest BCUT2D eigenvalue weighted by Gasteiger charge is -2.36. The smallest absolute Gasteiger partial charge is 0.225 e. The van der Waals surface area contributed by atoms with Gasteiger partial charge in [0.1, 0.15) is 0 Å². The highest BCUT2D eigenvalue weighted by Gasteiger charge is 2.25. The molecule has 0 spiro atoms. The Bertz CT molecular complexity index is 222. The Balaban J connectivity index is 2.38. The molecule has 1 atom stereocenters. The van der Waals surface area contributed by atoms with Gasteiger partial charge in [-0.3, -0.25) is 9.69 Å². The van der Waals surface area contributed by atoms with Crippen LogP contribution in [0.4, 0.5) is 0 Å². The molecule has 0 aromatic carbocycles. The molecule has 1 amide bonds. The molecule has 1 aliphatic heterocycles. The molecule has 0 bridgehead atoms. The molecule has 1 aliphatic rings. The maximum atomic E-state index is 12.1. The van der Waals surface area contributed by atoms with Gasteiger partial charge >= 0.3 is 0 Å². The number of piperazine rings is 1. The number of carbonyl (C=O) groups is 1. The van der Waals surface area contributed by atoms with E-state index in [1.165, 1.54) is 0 Å². The van der Waals surface area contributed by atoms with E-state index in [2.05, 4.69) is 18.7 Å². The normalized spacial score (nSPS) is 20.2. The zero-order valence-electron chi connectivity index (χ0n) is 10.8. The summed E-state index contributed by atoms with van der Waals surface area (Å²) in [5, 5.41) is 0. The highest BCUT2D eigenvalue weighted by atomic mass is 16.2. The van der Waals surface area contributed by atoms with Crippen molar-refractivity contribution in [2.75, 3.05) is 39.3 Å². The molecule has 4 heteroatoms. The Kier molecular flexibility index (Phi) is 5.22. The zero-order valence-corrected chi connectivity index (χ0v) is 10.8. The standard InChI is InChI=1S/C12H25N3O/c1-10(2)11(3)12(16)15-8-6-14(5-4-13)7-9-15/h10-11H,4-9,13H2,1-3H3. The lowest BCUT2D eigenvalue weighted by atomic mass is 9.96. The van der Waals surface area contributed by atoms with E-state index in [4.69, 9.17) is 5.73 Å². The van der Waals surface area contributed by atoms with Crippen LogP contribution in [0.25, 0.3) is 0 Å². The van der Waals surface area contributed by atoms with Crippen molar-refractivity contribution in [3.63, 3.8) is 0 Å². The number of nitrogens with two attached hydrogens (primary N) is 1. The molecule has 1 heterocycles. The van der Waals surface area contributed by atoms with Gasteiger partial charge in [0.15, 0.2) is 0 Å². The Labute approximate surface area is 98.8 Å². The zero-order chi connectivity index (χ0) is 12.1. The molecule has 4 nitrogen and oxygen atoms in total. The van der Waals surface area contributed by atoms with Gasteiger partial charge in [-0.1, -0.05) is 20.8 Å². The van der Waals surface area contributed by atoms with Crippen molar-refractivity contribution in [1.82, 2.24) is 9.80 Å². The second kappa shape index (κ2) is 6.21. The summed E-state index contributed by atoms with van der Waals surface area (Å²) in [6, 6.07) is 0. The van der Waals surface area contributed by atoms with Crippen LogP contribution in [-0.4, -0.2) is 55.0 Å². The molecule has 0 aromatic rings. The minimum atomic E-state index is 0.140. The Morgan fingerprint density at radius 3 is 2.19 bits per heavy atom. The molecule has 0 saturated carbocycles. The number of amides is 1. The molecule has 94 valence electrons. The molecule has 1 saturated heterocycles. The van der Waals surface area contributed by atoms with Gasteiger partial charge in [-0.05, 0) is 5.92 Å². The molecule has 0 radical (unpaired) electrons. The quantitative estimate of drug-likeness (QED) is 0.755. The molecular formula is C12H25N3O. The number of nitrogens with zero attached hydrogens (tertiary/aromatic N) is 2. The second-order valence-corrected chi connectivity index (χ2v) is 4.99. The molecule has 1 unspecified atom stereocenters. The molecule has 1 rings (SSSR count). The van der Waals surface area contributed by atoms with Crippen molar-refractivity contribution in [2.45, 2.75) is 20.8 Å². The first-order chi connectivity index (χ1) is 7.56. The summed E-state index contributed by atoms with van der Waals surface area (Å²) in [7, 11) is 0. The maximum absolute atomic E-state index is 12.1. The van der Waals surface area contributed by atoms with Gasteiger partial charge in [-0.25, -0.2) is 0 Å². The molecule has 0 aliphatic carbocycles. The molecular weight excluding hydrogens is 202 g/mol. The highest BCUT2D eigenvalue weighted by molar-refractivity contribution is 5.78. The van der Waals surface area contributed by atoms with E-state index in [-0.39, 0.29) is 5.92 Å². The SMILES string of the molecule is CC(C)C(C)C(=O)N1CCN(CCN)CC1. The van der Waals surface area contributed by atoms with Crippen molar-refractivity contribution in [3.05, 3.63) is 0 Å². The van der Waals surface area contributed by atoms with Crippen LogP contribution in [0, 0.1) is 11.8 Å². The van der Waals surface area contributed by atoms with Crippen LogP contribution in [0.1, 0.15) is 20.8 Å². The summed E-state index contributed by atoms with van der Waals surface area (Å²) in [5.41, 5.74) is 5.52. The van der Waals surface area contributed by atoms with Gasteiger partial charge in [0.25, 0.3) is 0 Å². The van der Waals surface area contributed by atoms with Crippen molar-refractivity contribution in [2.24, 2.45) is 17.6 Å². The van der Waals surface area contributed by atoms with Crippen LogP contribution >= 0.6 is 0 Å². The minimum Gasteiger partial charge on any atom is -0.340 e. The third kappa shape index (κ3) is 3.46. The van der Waals surface area contributed by atoms with Gasteiger partial charge in [-0.15, -0.1) is 0 Å². The first kappa shape index (κ1) is 13.5. The fourth-order valence-electron chi connectivity index (χ4n) is 1.95. The van der Waals surface area contributed by atoms with E-state index in [1.54, 1.807) is 0 Å². The van der Waals surface area contributed by atoms with Crippen molar-refractivity contribution in [3.8, 4) is 0 Å². The third-order valence-electron chi connectivity index (χ3n) is 3.52. The van der Waals surface area contributed by atoms with Gasteiger partial charge in [0, 0.05) is 45.2 Å². The van der Waals surface area contributed by atoms with Crippen molar-refractivity contribution < 1.29 is 4.79 Å². The summed E-state index contributed by atoms with van der Waals surface area (Å²) >= 11 is 0. The lowest BCUT2D eigenvalue weighted by molar-refractivity contribution is -0.138. The fraction of sp³-hybridized carbons (Fsp3) is 0.917. The number of hydrogen-bond acceptors (Lipinski definition) is 3. The molecule has 2 N–H and O–H groups in total. The van der Waals surface area contributed by atoms with E-state index in [0.717, 1.165) is 32.7 Å². The van der Waals surface area contributed by atoms with Crippen LogP contribution in [0.5, 0.6) is 0 Å². The summed E-state index contributed by atoms with van der Waals surface area (Å²) in [6.07, 6.45) is 0. The molecule has 0 aromatic heterocycles. The van der Waals surface area contributed by atoms with E-state index < -0.39 is 0 Å². The topological polar surface area (TPSA) is 49.6 Å². The third-order valence-corrected chi connectivity index (χ3v) is 3.52. The van der Waals surface area contributed by atoms with Crippen LogP contribution in [0.2, 0.25) is 0 Å². The fourth-order valence-corrected chi connectivity index (χ4v) is 1.95. The first-order valence-electron chi connectivity index (χ1n) is 6.27. The summed E-state index contributed by atoms with van der Waals surface area (Å²) in [5.74, 6) is 0.873. The van der Waals surface area contributed by atoms with Crippen LogP contribution in [0.15, 0.2) is 0 Å². The Morgan fingerprint density at radius 2 is 1.75 bits per heavy atom.